The molecule has 0 spiro atoms. The number of nitrogens with zero attached hydrogens (tertiary/aromatic N) is 3. The predicted molar refractivity (Wildman–Crippen MR) is 103 cm³/mol. The summed E-state index contributed by atoms with van der Waals surface area (Å²) in [6.07, 6.45) is 7.35. The third-order valence-electron chi connectivity index (χ3n) is 5.21. The number of likely N-dealkylation sites (tertiary alicyclic amines) is 1. The average Bonchev–Trinajstić information content (AvgIpc) is 2.95. The fraction of sp³-hybridized carbons (Fsp3) is 0.789. The number of hydrogen-bond donors (Lipinski definition) is 2. The Hall–Kier alpha value is -1.56. The maximum atomic E-state index is 5.21. The second-order valence-electron chi connectivity index (χ2n) is 6.93. The molecule has 1 aromatic rings. The van der Waals surface area contributed by atoms with Gasteiger partial charge in [0.05, 0.1) is 5.69 Å². The Morgan fingerprint density at radius 1 is 1.28 bits per heavy atom. The van der Waals surface area contributed by atoms with Gasteiger partial charge in [-0.15, -0.1) is 0 Å². The first-order valence-corrected chi connectivity index (χ1v) is 9.76. The van der Waals surface area contributed by atoms with Crippen molar-refractivity contribution in [2.45, 2.75) is 65.3 Å². The van der Waals surface area contributed by atoms with Crippen LogP contribution in [0.2, 0.25) is 0 Å². The van der Waals surface area contributed by atoms with Crippen LogP contribution in [-0.4, -0.2) is 55.3 Å². The summed E-state index contributed by atoms with van der Waals surface area (Å²) in [6, 6.07) is 0.764. The third-order valence-corrected chi connectivity index (χ3v) is 5.21. The van der Waals surface area contributed by atoms with Gasteiger partial charge in [-0.1, -0.05) is 18.5 Å². The molecule has 1 atom stereocenters. The van der Waals surface area contributed by atoms with Gasteiger partial charge < -0.3 is 15.2 Å². The Labute approximate surface area is 152 Å². The SMILES string of the molecule is CCC1CCCCN1CCNC(=NC)NCCCc1c(C)noc1C. The van der Waals surface area contributed by atoms with Gasteiger partial charge in [-0.05, 0) is 52.5 Å². The Kier molecular flexibility index (Phi) is 8.25. The van der Waals surface area contributed by atoms with Crippen molar-refractivity contribution in [2.24, 2.45) is 4.99 Å². The highest BCUT2D eigenvalue weighted by Gasteiger charge is 2.19. The number of aryl methyl sites for hydroxylation is 2. The largest absolute Gasteiger partial charge is 0.361 e. The second kappa shape index (κ2) is 10.4. The molecule has 25 heavy (non-hydrogen) atoms. The first kappa shape index (κ1) is 19.8. The van der Waals surface area contributed by atoms with Gasteiger partial charge in [-0.25, -0.2) is 0 Å². The van der Waals surface area contributed by atoms with Crippen molar-refractivity contribution in [3.63, 3.8) is 0 Å². The number of nitrogens with one attached hydrogen (secondary N) is 2. The maximum Gasteiger partial charge on any atom is 0.191 e. The van der Waals surface area contributed by atoms with E-state index in [4.69, 9.17) is 4.52 Å². The van der Waals surface area contributed by atoms with Gasteiger partial charge in [0.15, 0.2) is 5.96 Å². The van der Waals surface area contributed by atoms with Crippen molar-refractivity contribution in [2.75, 3.05) is 33.2 Å². The van der Waals surface area contributed by atoms with E-state index in [2.05, 4.69) is 32.6 Å². The summed E-state index contributed by atoms with van der Waals surface area (Å²) in [5.74, 6) is 1.83. The van der Waals surface area contributed by atoms with Crippen LogP contribution in [0.1, 0.15) is 56.0 Å². The Morgan fingerprint density at radius 2 is 2.08 bits per heavy atom. The number of piperidine rings is 1. The molecular weight excluding hydrogens is 314 g/mol. The van der Waals surface area contributed by atoms with E-state index in [-0.39, 0.29) is 0 Å². The second-order valence-corrected chi connectivity index (χ2v) is 6.93. The lowest BCUT2D eigenvalue weighted by molar-refractivity contribution is 0.147. The fourth-order valence-electron chi connectivity index (χ4n) is 3.69. The highest BCUT2D eigenvalue weighted by Crippen LogP contribution is 2.18. The van der Waals surface area contributed by atoms with Crippen LogP contribution in [0, 0.1) is 13.8 Å². The molecule has 0 saturated carbocycles. The van der Waals surface area contributed by atoms with Gasteiger partial charge in [0.25, 0.3) is 0 Å². The maximum absolute atomic E-state index is 5.21. The molecular formula is C19H35N5O. The molecule has 6 nitrogen and oxygen atoms in total. The molecule has 2 N–H and O–H groups in total. The van der Waals surface area contributed by atoms with E-state index >= 15 is 0 Å². The zero-order valence-electron chi connectivity index (χ0n) is 16.4. The minimum atomic E-state index is 0.764. The van der Waals surface area contributed by atoms with Crippen LogP contribution in [-0.2, 0) is 6.42 Å². The average molecular weight is 350 g/mol. The standard InChI is InChI=1S/C19H35N5O/c1-5-17-9-6-7-13-24(17)14-12-22-19(20-4)21-11-8-10-18-15(2)23-25-16(18)3/h17H,5-14H2,1-4H3,(H2,20,21,22). The monoisotopic (exact) mass is 349 g/mol. The molecule has 0 amide bonds. The zero-order chi connectivity index (χ0) is 18.1. The lowest BCUT2D eigenvalue weighted by Gasteiger charge is -2.35. The number of aromatic nitrogens is 1. The van der Waals surface area contributed by atoms with Gasteiger partial charge in [0.1, 0.15) is 5.76 Å². The predicted octanol–water partition coefficient (Wildman–Crippen LogP) is 2.65. The lowest BCUT2D eigenvalue weighted by Crippen LogP contribution is -2.46. The Balaban J connectivity index is 1.63. The Morgan fingerprint density at radius 3 is 2.76 bits per heavy atom. The molecule has 1 aliphatic rings. The third kappa shape index (κ3) is 6.03. The van der Waals surface area contributed by atoms with Crippen LogP contribution in [0.5, 0.6) is 0 Å². The van der Waals surface area contributed by atoms with Crippen molar-refractivity contribution in [1.29, 1.82) is 0 Å². The van der Waals surface area contributed by atoms with E-state index in [0.29, 0.717) is 0 Å². The number of hydrogen-bond acceptors (Lipinski definition) is 4. The molecule has 1 aliphatic heterocycles. The van der Waals surface area contributed by atoms with Crippen molar-refractivity contribution in [1.82, 2.24) is 20.7 Å². The first-order chi connectivity index (χ1) is 12.2. The molecule has 6 heteroatoms. The molecule has 2 heterocycles. The van der Waals surface area contributed by atoms with Crippen molar-refractivity contribution in [3.8, 4) is 0 Å². The molecule has 1 aromatic heterocycles. The van der Waals surface area contributed by atoms with Gasteiger partial charge in [-0.3, -0.25) is 9.89 Å². The summed E-state index contributed by atoms with van der Waals surface area (Å²) in [5, 5.41) is 10.9. The van der Waals surface area contributed by atoms with E-state index in [1.165, 1.54) is 37.8 Å². The van der Waals surface area contributed by atoms with Crippen LogP contribution >= 0.6 is 0 Å². The van der Waals surface area contributed by atoms with Crippen molar-refractivity contribution in [3.05, 3.63) is 17.0 Å². The molecule has 2 rings (SSSR count). The summed E-state index contributed by atoms with van der Waals surface area (Å²) >= 11 is 0. The summed E-state index contributed by atoms with van der Waals surface area (Å²) in [4.78, 5) is 6.95. The summed E-state index contributed by atoms with van der Waals surface area (Å²) in [7, 11) is 1.83. The smallest absolute Gasteiger partial charge is 0.191 e. The number of aliphatic imine (C=N–C) groups is 1. The molecule has 142 valence electrons. The van der Waals surface area contributed by atoms with Gasteiger partial charge in [-0.2, -0.15) is 0 Å². The van der Waals surface area contributed by atoms with Crippen LogP contribution in [0.25, 0.3) is 0 Å². The summed E-state index contributed by atoms with van der Waals surface area (Å²) in [5.41, 5.74) is 2.24. The van der Waals surface area contributed by atoms with Crippen LogP contribution in [0.3, 0.4) is 0 Å². The summed E-state index contributed by atoms with van der Waals surface area (Å²) < 4.78 is 5.21. The van der Waals surface area contributed by atoms with Crippen molar-refractivity contribution >= 4 is 5.96 Å². The van der Waals surface area contributed by atoms with Crippen molar-refractivity contribution < 1.29 is 4.52 Å². The first-order valence-electron chi connectivity index (χ1n) is 9.76. The fourth-order valence-corrected chi connectivity index (χ4v) is 3.69. The molecule has 1 unspecified atom stereocenters. The van der Waals surface area contributed by atoms with Crippen LogP contribution in [0.4, 0.5) is 0 Å². The highest BCUT2D eigenvalue weighted by atomic mass is 16.5. The van der Waals surface area contributed by atoms with E-state index in [0.717, 1.165) is 55.9 Å². The van der Waals surface area contributed by atoms with E-state index in [1.54, 1.807) is 0 Å². The van der Waals surface area contributed by atoms with Gasteiger partial charge in [0, 0.05) is 38.3 Å². The quantitative estimate of drug-likeness (QED) is 0.429. The minimum Gasteiger partial charge on any atom is -0.361 e. The zero-order valence-corrected chi connectivity index (χ0v) is 16.4. The lowest BCUT2D eigenvalue weighted by atomic mass is 10.0. The molecule has 1 saturated heterocycles. The van der Waals surface area contributed by atoms with E-state index in [9.17, 15) is 0 Å². The van der Waals surface area contributed by atoms with Crippen LogP contribution < -0.4 is 10.6 Å². The normalized spacial score (nSPS) is 19.2. The van der Waals surface area contributed by atoms with Gasteiger partial charge >= 0.3 is 0 Å². The molecule has 0 bridgehead atoms. The molecule has 0 aromatic carbocycles. The number of guanidine groups is 1. The molecule has 0 radical (unpaired) electrons. The summed E-state index contributed by atoms with van der Waals surface area (Å²) in [6.45, 7) is 10.5. The van der Waals surface area contributed by atoms with Gasteiger partial charge in [0.2, 0.25) is 0 Å². The number of rotatable bonds is 8. The highest BCUT2D eigenvalue weighted by molar-refractivity contribution is 5.79. The molecule has 1 fully saturated rings. The molecule has 0 aliphatic carbocycles. The van der Waals surface area contributed by atoms with E-state index in [1.807, 2.05) is 20.9 Å². The Bertz CT molecular complexity index is 520. The van der Waals surface area contributed by atoms with E-state index < -0.39 is 0 Å². The minimum absolute atomic E-state index is 0.764. The van der Waals surface area contributed by atoms with Crippen LogP contribution in [0.15, 0.2) is 9.52 Å². The topological polar surface area (TPSA) is 65.7 Å².